The molecule has 1 unspecified atom stereocenters. The number of pyridine rings is 1. The third kappa shape index (κ3) is 2.76. The Morgan fingerprint density at radius 3 is 2.63 bits per heavy atom. The van der Waals surface area contributed by atoms with E-state index in [2.05, 4.69) is 4.98 Å². The summed E-state index contributed by atoms with van der Waals surface area (Å²) in [4.78, 5) is 6.10. The number of alkyl halides is 3. The number of halogens is 3. The van der Waals surface area contributed by atoms with E-state index in [1.165, 1.54) is 0 Å². The summed E-state index contributed by atoms with van der Waals surface area (Å²) in [6.07, 6.45) is -2.25. The van der Waals surface area contributed by atoms with Gasteiger partial charge in [-0.1, -0.05) is 6.07 Å². The Labute approximate surface area is 111 Å². The molecule has 5 heteroatoms. The molecular weight excluding hydrogens is 253 g/mol. The van der Waals surface area contributed by atoms with E-state index in [-0.39, 0.29) is 6.42 Å². The first kappa shape index (κ1) is 14.3. The van der Waals surface area contributed by atoms with Crippen LogP contribution in [0.2, 0.25) is 0 Å². The molecule has 0 saturated carbocycles. The minimum atomic E-state index is -4.12. The third-order valence-electron chi connectivity index (χ3n) is 4.23. The summed E-state index contributed by atoms with van der Waals surface area (Å²) >= 11 is 0. The average molecular weight is 272 g/mol. The predicted molar refractivity (Wildman–Crippen MR) is 67.6 cm³/mol. The molecule has 2 heterocycles. The van der Waals surface area contributed by atoms with Gasteiger partial charge in [-0.25, -0.2) is 0 Å². The van der Waals surface area contributed by atoms with Crippen LogP contribution in [0.4, 0.5) is 13.2 Å². The van der Waals surface area contributed by atoms with E-state index < -0.39 is 17.6 Å². The van der Waals surface area contributed by atoms with Gasteiger partial charge in [-0.05, 0) is 45.4 Å². The van der Waals surface area contributed by atoms with Crippen LogP contribution >= 0.6 is 0 Å². The van der Waals surface area contributed by atoms with Crippen LogP contribution in [-0.4, -0.2) is 28.1 Å². The monoisotopic (exact) mass is 272 g/mol. The maximum Gasteiger partial charge on any atom is 0.393 e. The lowest BCUT2D eigenvalue weighted by molar-refractivity contribution is -0.191. The van der Waals surface area contributed by atoms with Gasteiger partial charge in [0.05, 0.1) is 5.92 Å². The summed E-state index contributed by atoms with van der Waals surface area (Å²) in [5.74, 6) is -1.25. The third-order valence-corrected chi connectivity index (χ3v) is 4.23. The van der Waals surface area contributed by atoms with E-state index in [0.717, 1.165) is 11.3 Å². The molecule has 1 aromatic rings. The normalized spacial score (nSPS) is 23.8. The average Bonchev–Trinajstić information content (AvgIpc) is 2.57. The highest BCUT2D eigenvalue weighted by atomic mass is 19.4. The van der Waals surface area contributed by atoms with E-state index in [0.29, 0.717) is 13.1 Å². The minimum absolute atomic E-state index is 0.176. The van der Waals surface area contributed by atoms with Crippen LogP contribution in [0.5, 0.6) is 0 Å². The molecule has 1 aromatic heterocycles. The highest BCUT2D eigenvalue weighted by Gasteiger charge is 2.54. The lowest BCUT2D eigenvalue weighted by Gasteiger charge is -2.37. The molecular formula is C14H19F3N2. The molecule has 1 fully saturated rings. The number of nitrogens with zero attached hydrogens (tertiary/aromatic N) is 2. The molecule has 106 valence electrons. The van der Waals surface area contributed by atoms with E-state index >= 15 is 0 Å². The second kappa shape index (κ2) is 4.78. The van der Waals surface area contributed by atoms with Crippen LogP contribution in [-0.2, 0) is 6.54 Å². The van der Waals surface area contributed by atoms with Gasteiger partial charge in [0.15, 0.2) is 0 Å². The SMILES string of the molecule is Cc1ncccc1CN1CCC(C(F)(F)F)C1(C)C. The first-order valence-electron chi connectivity index (χ1n) is 6.45. The van der Waals surface area contributed by atoms with Crippen molar-refractivity contribution in [1.82, 2.24) is 9.88 Å². The highest BCUT2D eigenvalue weighted by Crippen LogP contribution is 2.45. The van der Waals surface area contributed by atoms with Crippen molar-refractivity contribution in [3.05, 3.63) is 29.6 Å². The van der Waals surface area contributed by atoms with Gasteiger partial charge in [-0.2, -0.15) is 13.2 Å². The first-order chi connectivity index (χ1) is 8.73. The maximum absolute atomic E-state index is 13.0. The molecule has 1 aliphatic rings. The van der Waals surface area contributed by atoms with Crippen molar-refractivity contribution < 1.29 is 13.2 Å². The second-order valence-electron chi connectivity index (χ2n) is 5.71. The van der Waals surface area contributed by atoms with Crippen molar-refractivity contribution >= 4 is 0 Å². The zero-order valence-corrected chi connectivity index (χ0v) is 11.5. The summed E-state index contributed by atoms with van der Waals surface area (Å²) in [6.45, 7) is 6.26. The molecule has 2 rings (SSSR count). The fourth-order valence-electron chi connectivity index (χ4n) is 2.88. The van der Waals surface area contributed by atoms with E-state index in [1.54, 1.807) is 20.0 Å². The van der Waals surface area contributed by atoms with Crippen molar-refractivity contribution in [1.29, 1.82) is 0 Å². The highest BCUT2D eigenvalue weighted by molar-refractivity contribution is 5.19. The lowest BCUT2D eigenvalue weighted by atomic mass is 9.87. The van der Waals surface area contributed by atoms with Gasteiger partial charge in [0.2, 0.25) is 0 Å². The smallest absolute Gasteiger partial charge is 0.293 e. The summed E-state index contributed by atoms with van der Waals surface area (Å²) < 4.78 is 39.0. The van der Waals surface area contributed by atoms with Crippen LogP contribution in [0, 0.1) is 12.8 Å². The molecule has 1 atom stereocenters. The van der Waals surface area contributed by atoms with Crippen molar-refractivity contribution in [3.8, 4) is 0 Å². The van der Waals surface area contributed by atoms with Gasteiger partial charge in [0, 0.05) is 24.0 Å². The van der Waals surface area contributed by atoms with Crippen LogP contribution in [0.15, 0.2) is 18.3 Å². The zero-order valence-electron chi connectivity index (χ0n) is 11.5. The maximum atomic E-state index is 13.0. The van der Waals surface area contributed by atoms with Crippen LogP contribution < -0.4 is 0 Å². The molecule has 19 heavy (non-hydrogen) atoms. The molecule has 0 bridgehead atoms. The fraction of sp³-hybridized carbons (Fsp3) is 0.643. The van der Waals surface area contributed by atoms with Crippen molar-refractivity contribution in [2.75, 3.05) is 6.54 Å². The van der Waals surface area contributed by atoms with Gasteiger partial charge in [0.25, 0.3) is 0 Å². The summed E-state index contributed by atoms with van der Waals surface area (Å²) in [7, 11) is 0. The van der Waals surface area contributed by atoms with E-state index in [4.69, 9.17) is 0 Å². The Balaban J connectivity index is 2.18. The Kier molecular flexibility index (Phi) is 3.60. The molecule has 0 spiro atoms. The molecule has 0 radical (unpaired) electrons. The predicted octanol–water partition coefficient (Wildman–Crippen LogP) is 3.55. The number of rotatable bonds is 2. The number of hydrogen-bond donors (Lipinski definition) is 0. The largest absolute Gasteiger partial charge is 0.393 e. The molecule has 2 nitrogen and oxygen atoms in total. The molecule has 0 amide bonds. The molecule has 1 aliphatic heterocycles. The van der Waals surface area contributed by atoms with E-state index in [1.807, 2.05) is 24.0 Å². The zero-order chi connectivity index (χ0) is 14.3. The van der Waals surface area contributed by atoms with Gasteiger partial charge in [0.1, 0.15) is 0 Å². The summed E-state index contributed by atoms with van der Waals surface area (Å²) in [5, 5.41) is 0. The Morgan fingerprint density at radius 1 is 1.42 bits per heavy atom. The van der Waals surface area contributed by atoms with Gasteiger partial charge in [-0.15, -0.1) is 0 Å². The van der Waals surface area contributed by atoms with Gasteiger partial charge in [-0.3, -0.25) is 9.88 Å². The Bertz CT molecular complexity index is 454. The summed E-state index contributed by atoms with van der Waals surface area (Å²) in [5.41, 5.74) is 1.02. The molecule has 0 N–H and O–H groups in total. The number of hydrogen-bond acceptors (Lipinski definition) is 2. The molecule has 0 aromatic carbocycles. The fourth-order valence-corrected chi connectivity index (χ4v) is 2.88. The first-order valence-corrected chi connectivity index (χ1v) is 6.45. The van der Waals surface area contributed by atoms with Crippen molar-refractivity contribution in [2.45, 2.75) is 45.5 Å². The van der Waals surface area contributed by atoms with Gasteiger partial charge >= 0.3 is 6.18 Å². The minimum Gasteiger partial charge on any atom is -0.293 e. The van der Waals surface area contributed by atoms with E-state index in [9.17, 15) is 13.2 Å². The lowest BCUT2D eigenvalue weighted by Crippen LogP contribution is -2.46. The number of aryl methyl sites for hydroxylation is 1. The number of likely N-dealkylation sites (tertiary alicyclic amines) is 1. The van der Waals surface area contributed by atoms with Crippen molar-refractivity contribution in [3.63, 3.8) is 0 Å². The standard InChI is InChI=1S/C14H19F3N2/c1-10-11(5-4-7-18-10)9-19-8-6-12(13(19,2)3)14(15,16)17/h4-5,7,12H,6,8-9H2,1-3H3. The number of aromatic nitrogens is 1. The quantitative estimate of drug-likeness (QED) is 0.818. The topological polar surface area (TPSA) is 16.1 Å². The molecule has 1 saturated heterocycles. The Morgan fingerprint density at radius 2 is 2.11 bits per heavy atom. The van der Waals surface area contributed by atoms with Crippen LogP contribution in [0.1, 0.15) is 31.5 Å². The molecule has 0 aliphatic carbocycles. The second-order valence-corrected chi connectivity index (χ2v) is 5.71. The van der Waals surface area contributed by atoms with Gasteiger partial charge < -0.3 is 0 Å². The van der Waals surface area contributed by atoms with Crippen LogP contribution in [0.25, 0.3) is 0 Å². The Hall–Kier alpha value is -1.10. The van der Waals surface area contributed by atoms with Crippen molar-refractivity contribution in [2.24, 2.45) is 5.92 Å². The summed E-state index contributed by atoms with van der Waals surface area (Å²) in [6, 6.07) is 3.76. The van der Waals surface area contributed by atoms with Crippen LogP contribution in [0.3, 0.4) is 0 Å².